The first-order valence-electron chi connectivity index (χ1n) is 7.88. The third-order valence-electron chi connectivity index (χ3n) is 4.45. The number of aliphatic carboxylic acids is 1. The molecule has 1 saturated heterocycles. The molecule has 1 heterocycles. The van der Waals surface area contributed by atoms with Crippen molar-refractivity contribution in [2.45, 2.75) is 64.8 Å². The number of hydrogen-bond acceptors (Lipinski definition) is 4. The van der Waals surface area contributed by atoms with Crippen LogP contribution in [0.2, 0.25) is 0 Å². The molecule has 1 aliphatic heterocycles. The number of carboxylic acid groups (broad SMARTS) is 1. The van der Waals surface area contributed by atoms with Gasteiger partial charge in [0.25, 0.3) is 0 Å². The molecule has 0 aromatic heterocycles. The van der Waals surface area contributed by atoms with E-state index < -0.39 is 24.2 Å². The number of hydrogen-bond donors (Lipinski definition) is 4. The van der Waals surface area contributed by atoms with Crippen LogP contribution in [0, 0.1) is 11.8 Å². The number of aliphatic hydroxyl groups excluding tert-OH is 1. The second-order valence-electron chi connectivity index (χ2n) is 6.11. The summed E-state index contributed by atoms with van der Waals surface area (Å²) in [4.78, 5) is 22.8. The molecule has 6 heteroatoms. The molecule has 1 fully saturated rings. The van der Waals surface area contributed by atoms with Gasteiger partial charge in [-0.3, -0.25) is 14.9 Å². The Hall–Kier alpha value is -1.40. The van der Waals surface area contributed by atoms with E-state index in [1.807, 2.05) is 32.9 Å². The topological polar surface area (TPSA) is 98.7 Å². The van der Waals surface area contributed by atoms with E-state index in [0.717, 1.165) is 6.42 Å². The molecular formula is C16H28N2O4. The predicted octanol–water partition coefficient (Wildman–Crippen LogP) is 0.906. The molecule has 4 N–H and O–H groups in total. The number of aliphatic hydroxyl groups is 1. The normalized spacial score (nSPS) is 29.2. The van der Waals surface area contributed by atoms with Crippen LogP contribution in [0.1, 0.15) is 40.5 Å². The first-order valence-corrected chi connectivity index (χ1v) is 7.88. The molecule has 1 amide bonds. The largest absolute Gasteiger partial charge is 0.480 e. The molecule has 1 aliphatic rings. The van der Waals surface area contributed by atoms with E-state index in [0.29, 0.717) is 6.42 Å². The van der Waals surface area contributed by atoms with Gasteiger partial charge in [-0.15, -0.1) is 0 Å². The van der Waals surface area contributed by atoms with Gasteiger partial charge < -0.3 is 15.5 Å². The van der Waals surface area contributed by atoms with Gasteiger partial charge in [-0.1, -0.05) is 32.4 Å². The number of rotatable bonds is 7. The van der Waals surface area contributed by atoms with Gasteiger partial charge in [0.2, 0.25) is 5.91 Å². The van der Waals surface area contributed by atoms with E-state index in [1.165, 1.54) is 6.92 Å². The third kappa shape index (κ3) is 4.55. The number of carbonyl (C=O) groups is 2. The summed E-state index contributed by atoms with van der Waals surface area (Å²) >= 11 is 0. The summed E-state index contributed by atoms with van der Waals surface area (Å²) in [5.41, 5.74) is 0. The Balaban J connectivity index is 3.03. The Morgan fingerprint density at radius 3 is 2.55 bits per heavy atom. The summed E-state index contributed by atoms with van der Waals surface area (Å²) < 4.78 is 0. The van der Waals surface area contributed by atoms with E-state index >= 15 is 0 Å². The van der Waals surface area contributed by atoms with Gasteiger partial charge in [-0.2, -0.15) is 0 Å². The second kappa shape index (κ2) is 8.29. The minimum Gasteiger partial charge on any atom is -0.480 e. The first-order chi connectivity index (χ1) is 10.3. The van der Waals surface area contributed by atoms with Crippen LogP contribution in [0.3, 0.4) is 0 Å². The standard InChI is InChI=1S/C16H28N2O4/c1-5-7-11-8-12(16(21)22)18-13(11)14(17-10(4)19)15(20)9(3)6-2/h5,7,9,11-15,18,20H,6,8H2,1-4H3,(H,17,19)(H,21,22)/b7-5-/t9-,11+,12+,13+,14+,15+/m0/s1. The number of nitrogens with one attached hydrogen (secondary N) is 2. The van der Waals surface area contributed by atoms with Crippen LogP contribution in [-0.2, 0) is 9.59 Å². The Bertz CT molecular complexity index is 424. The van der Waals surface area contributed by atoms with E-state index in [9.17, 15) is 19.8 Å². The van der Waals surface area contributed by atoms with Gasteiger partial charge in [-0.05, 0) is 25.2 Å². The summed E-state index contributed by atoms with van der Waals surface area (Å²) in [5.74, 6) is -1.17. The lowest BCUT2D eigenvalue weighted by Crippen LogP contribution is -2.58. The van der Waals surface area contributed by atoms with Crippen LogP contribution >= 0.6 is 0 Å². The Morgan fingerprint density at radius 1 is 1.45 bits per heavy atom. The van der Waals surface area contributed by atoms with Crippen molar-refractivity contribution >= 4 is 11.9 Å². The fourth-order valence-electron chi connectivity index (χ4n) is 3.05. The van der Waals surface area contributed by atoms with Crippen molar-refractivity contribution in [3.63, 3.8) is 0 Å². The van der Waals surface area contributed by atoms with Gasteiger partial charge in [0.1, 0.15) is 6.04 Å². The van der Waals surface area contributed by atoms with Crippen molar-refractivity contribution in [1.29, 1.82) is 0 Å². The number of carbonyl (C=O) groups excluding carboxylic acids is 1. The molecule has 0 radical (unpaired) electrons. The Kier molecular flexibility index (Phi) is 7.03. The average molecular weight is 312 g/mol. The summed E-state index contributed by atoms with van der Waals surface area (Å²) in [7, 11) is 0. The molecule has 0 bridgehead atoms. The van der Waals surface area contributed by atoms with Gasteiger partial charge in [0.15, 0.2) is 0 Å². The molecule has 1 rings (SSSR count). The van der Waals surface area contributed by atoms with E-state index in [1.54, 1.807) is 0 Å². The van der Waals surface area contributed by atoms with Crippen LogP contribution in [-0.4, -0.2) is 46.3 Å². The maximum Gasteiger partial charge on any atom is 0.320 e. The van der Waals surface area contributed by atoms with Crippen LogP contribution in [0.5, 0.6) is 0 Å². The number of amides is 1. The smallest absolute Gasteiger partial charge is 0.320 e. The van der Waals surface area contributed by atoms with Crippen molar-refractivity contribution < 1.29 is 19.8 Å². The highest BCUT2D eigenvalue weighted by Gasteiger charge is 2.43. The van der Waals surface area contributed by atoms with Crippen molar-refractivity contribution in [1.82, 2.24) is 10.6 Å². The zero-order valence-corrected chi connectivity index (χ0v) is 13.7. The first kappa shape index (κ1) is 18.6. The van der Waals surface area contributed by atoms with E-state index in [-0.39, 0.29) is 23.8 Å². The van der Waals surface area contributed by atoms with Gasteiger partial charge in [-0.25, -0.2) is 0 Å². The van der Waals surface area contributed by atoms with Crippen molar-refractivity contribution in [2.75, 3.05) is 0 Å². The fraction of sp³-hybridized carbons (Fsp3) is 0.750. The molecule has 6 nitrogen and oxygen atoms in total. The molecule has 0 aliphatic carbocycles. The molecule has 0 saturated carbocycles. The molecule has 22 heavy (non-hydrogen) atoms. The lowest BCUT2D eigenvalue weighted by atomic mass is 9.85. The quantitative estimate of drug-likeness (QED) is 0.524. The Morgan fingerprint density at radius 2 is 2.09 bits per heavy atom. The summed E-state index contributed by atoms with van der Waals surface area (Å²) in [6.07, 6.45) is 4.32. The molecule has 0 aromatic carbocycles. The van der Waals surface area contributed by atoms with E-state index in [4.69, 9.17) is 0 Å². The average Bonchev–Trinajstić information content (AvgIpc) is 2.87. The lowest BCUT2D eigenvalue weighted by Gasteiger charge is -2.34. The maximum absolute atomic E-state index is 11.5. The summed E-state index contributed by atoms with van der Waals surface area (Å²) in [6, 6.07) is -1.48. The van der Waals surface area contributed by atoms with Crippen molar-refractivity contribution in [2.24, 2.45) is 11.8 Å². The van der Waals surface area contributed by atoms with Gasteiger partial charge in [0.05, 0.1) is 12.1 Å². The SMILES string of the molecule is C/C=C\[C@@H]1C[C@H](C(=O)O)N[C@H]1[C@@H](NC(C)=O)[C@H](O)[C@@H](C)CC. The minimum atomic E-state index is -0.906. The molecule has 126 valence electrons. The van der Waals surface area contributed by atoms with Crippen LogP contribution in [0.4, 0.5) is 0 Å². The number of allylic oxidation sites excluding steroid dienone is 1. The Labute approximate surface area is 132 Å². The summed E-state index contributed by atoms with van der Waals surface area (Å²) in [6.45, 7) is 7.19. The van der Waals surface area contributed by atoms with Crippen molar-refractivity contribution in [3.8, 4) is 0 Å². The highest BCUT2D eigenvalue weighted by atomic mass is 16.4. The second-order valence-corrected chi connectivity index (χ2v) is 6.11. The van der Waals surface area contributed by atoms with Crippen LogP contribution in [0.15, 0.2) is 12.2 Å². The van der Waals surface area contributed by atoms with Crippen LogP contribution < -0.4 is 10.6 Å². The van der Waals surface area contributed by atoms with Crippen molar-refractivity contribution in [3.05, 3.63) is 12.2 Å². The molecule has 6 atom stereocenters. The maximum atomic E-state index is 11.5. The van der Waals surface area contributed by atoms with E-state index in [2.05, 4.69) is 10.6 Å². The van der Waals surface area contributed by atoms with Gasteiger partial charge in [0, 0.05) is 13.0 Å². The lowest BCUT2D eigenvalue weighted by molar-refractivity contribution is -0.139. The molecular weight excluding hydrogens is 284 g/mol. The van der Waals surface area contributed by atoms with Crippen LogP contribution in [0.25, 0.3) is 0 Å². The molecule has 0 aromatic rings. The fourth-order valence-corrected chi connectivity index (χ4v) is 3.05. The predicted molar refractivity (Wildman–Crippen MR) is 84.3 cm³/mol. The number of carboxylic acids is 1. The zero-order chi connectivity index (χ0) is 16.9. The zero-order valence-electron chi connectivity index (χ0n) is 13.7. The molecule has 0 unspecified atom stereocenters. The van der Waals surface area contributed by atoms with Gasteiger partial charge >= 0.3 is 5.97 Å². The summed E-state index contributed by atoms with van der Waals surface area (Å²) in [5, 5.41) is 25.7. The highest BCUT2D eigenvalue weighted by Crippen LogP contribution is 2.28. The monoisotopic (exact) mass is 312 g/mol. The molecule has 0 spiro atoms. The highest BCUT2D eigenvalue weighted by molar-refractivity contribution is 5.75. The minimum absolute atomic E-state index is 0.00813. The third-order valence-corrected chi connectivity index (χ3v) is 4.45.